The second-order valence-corrected chi connectivity index (χ2v) is 5.29. The van der Waals surface area contributed by atoms with Gasteiger partial charge in [-0.3, -0.25) is 4.79 Å². The lowest BCUT2D eigenvalue weighted by molar-refractivity contribution is -0.140. The first-order chi connectivity index (χ1) is 8.85. The average Bonchev–Trinajstić information content (AvgIpc) is 2.38. The number of nitrogens with one attached hydrogen (secondary N) is 1. The van der Waals surface area contributed by atoms with Crippen LogP contribution >= 0.6 is 0 Å². The van der Waals surface area contributed by atoms with Gasteiger partial charge in [-0.05, 0) is 51.3 Å². The van der Waals surface area contributed by atoms with Crippen molar-refractivity contribution in [3.05, 3.63) is 29.8 Å². The monoisotopic (exact) mass is 265 g/mol. The summed E-state index contributed by atoms with van der Waals surface area (Å²) in [7, 11) is 1.53. The van der Waals surface area contributed by atoms with Crippen LogP contribution in [0, 0.1) is 0 Å². The Hall–Kier alpha value is -1.55. The van der Waals surface area contributed by atoms with Crippen LogP contribution < -0.4 is 5.32 Å². The van der Waals surface area contributed by atoms with Gasteiger partial charge in [0.1, 0.15) is 11.4 Å². The van der Waals surface area contributed by atoms with Gasteiger partial charge in [0.25, 0.3) is 5.91 Å². The van der Waals surface area contributed by atoms with E-state index in [0.717, 1.165) is 18.4 Å². The number of phenols is 1. The van der Waals surface area contributed by atoms with Crippen molar-refractivity contribution >= 4 is 5.91 Å². The van der Waals surface area contributed by atoms with Crippen molar-refractivity contribution in [1.82, 2.24) is 5.32 Å². The molecule has 0 aliphatic carbocycles. The van der Waals surface area contributed by atoms with Crippen molar-refractivity contribution in [3.63, 3.8) is 0 Å². The fourth-order valence-corrected chi connectivity index (χ4v) is 1.61. The molecule has 1 aromatic carbocycles. The van der Waals surface area contributed by atoms with E-state index >= 15 is 0 Å². The summed E-state index contributed by atoms with van der Waals surface area (Å²) in [5.41, 5.74) is 0.345. The summed E-state index contributed by atoms with van der Waals surface area (Å²) in [4.78, 5) is 11.9. The normalized spacial score (nSPS) is 13.1. The summed E-state index contributed by atoms with van der Waals surface area (Å²) in [5.74, 6) is 0.167. The van der Waals surface area contributed by atoms with E-state index in [0.29, 0.717) is 0 Å². The molecule has 1 unspecified atom stereocenters. The first-order valence-electron chi connectivity index (χ1n) is 6.49. The number of benzene rings is 1. The van der Waals surface area contributed by atoms with Crippen molar-refractivity contribution in [1.29, 1.82) is 0 Å². The molecule has 1 aromatic rings. The highest BCUT2D eigenvalue weighted by Gasteiger charge is 2.27. The molecule has 0 aliphatic heterocycles. The molecule has 1 amide bonds. The van der Waals surface area contributed by atoms with Gasteiger partial charge in [0.2, 0.25) is 0 Å². The summed E-state index contributed by atoms with van der Waals surface area (Å²) >= 11 is 0. The maximum atomic E-state index is 11.9. The Bertz CT molecular complexity index is 412. The summed E-state index contributed by atoms with van der Waals surface area (Å²) in [6.45, 7) is 5.47. The van der Waals surface area contributed by atoms with Gasteiger partial charge >= 0.3 is 0 Å². The van der Waals surface area contributed by atoms with E-state index < -0.39 is 5.60 Å². The first-order valence-corrected chi connectivity index (χ1v) is 6.49. The number of aromatic hydroxyl groups is 1. The molecule has 0 bridgehead atoms. The molecule has 0 aliphatic rings. The third kappa shape index (κ3) is 4.91. The molecule has 0 aromatic heterocycles. The number of amides is 1. The number of aryl methyl sites for hydroxylation is 1. The van der Waals surface area contributed by atoms with E-state index in [1.54, 1.807) is 26.0 Å². The Morgan fingerprint density at radius 3 is 2.47 bits per heavy atom. The van der Waals surface area contributed by atoms with E-state index in [1.807, 2.05) is 19.1 Å². The van der Waals surface area contributed by atoms with Crippen molar-refractivity contribution in [3.8, 4) is 5.75 Å². The minimum atomic E-state index is -0.799. The lowest BCUT2D eigenvalue weighted by Gasteiger charge is -2.24. The van der Waals surface area contributed by atoms with Gasteiger partial charge in [-0.15, -0.1) is 0 Å². The lowest BCUT2D eigenvalue weighted by atomic mass is 10.0. The molecule has 106 valence electrons. The van der Waals surface area contributed by atoms with Gasteiger partial charge in [-0.2, -0.15) is 0 Å². The zero-order valence-electron chi connectivity index (χ0n) is 12.1. The summed E-state index contributed by atoms with van der Waals surface area (Å²) < 4.78 is 5.14. The quantitative estimate of drug-likeness (QED) is 0.829. The molecule has 4 heteroatoms. The minimum Gasteiger partial charge on any atom is -0.508 e. The number of hydrogen-bond donors (Lipinski definition) is 2. The molecule has 4 nitrogen and oxygen atoms in total. The second-order valence-electron chi connectivity index (χ2n) is 5.29. The van der Waals surface area contributed by atoms with Crippen LogP contribution in [-0.4, -0.2) is 29.8 Å². The van der Waals surface area contributed by atoms with Crippen LogP contribution in [0.5, 0.6) is 5.75 Å². The van der Waals surface area contributed by atoms with Gasteiger partial charge < -0.3 is 15.2 Å². The number of carbonyl (C=O) groups is 1. The van der Waals surface area contributed by atoms with Crippen LogP contribution in [0.4, 0.5) is 0 Å². The Morgan fingerprint density at radius 1 is 1.37 bits per heavy atom. The van der Waals surface area contributed by atoms with Crippen LogP contribution in [0.15, 0.2) is 24.3 Å². The Morgan fingerprint density at radius 2 is 1.95 bits per heavy atom. The lowest BCUT2D eigenvalue weighted by Crippen LogP contribution is -2.47. The molecule has 0 spiro atoms. The third-order valence-electron chi connectivity index (χ3n) is 3.24. The largest absolute Gasteiger partial charge is 0.508 e. The number of carbonyl (C=O) groups excluding carboxylic acids is 1. The Balaban J connectivity index is 2.42. The van der Waals surface area contributed by atoms with Crippen LogP contribution in [0.2, 0.25) is 0 Å². The maximum Gasteiger partial charge on any atom is 0.251 e. The number of methoxy groups -OCH3 is 1. The molecule has 19 heavy (non-hydrogen) atoms. The number of phenolic OH excluding ortho intramolecular Hbond substituents is 1. The van der Waals surface area contributed by atoms with Gasteiger partial charge in [0.15, 0.2) is 0 Å². The Labute approximate surface area is 114 Å². The van der Waals surface area contributed by atoms with Gasteiger partial charge in [0, 0.05) is 13.2 Å². The molecule has 0 saturated carbocycles. The smallest absolute Gasteiger partial charge is 0.251 e. The highest BCUT2D eigenvalue weighted by Crippen LogP contribution is 2.13. The molecule has 0 radical (unpaired) electrons. The average molecular weight is 265 g/mol. The van der Waals surface area contributed by atoms with Gasteiger partial charge in [-0.25, -0.2) is 0 Å². The fourth-order valence-electron chi connectivity index (χ4n) is 1.61. The fraction of sp³-hybridized carbons (Fsp3) is 0.533. The number of rotatable bonds is 6. The molecular weight excluding hydrogens is 242 g/mol. The molecular formula is C15H23NO3. The Kier molecular flexibility index (Phi) is 5.36. The van der Waals surface area contributed by atoms with E-state index in [4.69, 9.17) is 4.74 Å². The van der Waals surface area contributed by atoms with Crippen LogP contribution in [0.25, 0.3) is 0 Å². The van der Waals surface area contributed by atoms with Gasteiger partial charge in [0.05, 0.1) is 0 Å². The highest BCUT2D eigenvalue weighted by molar-refractivity contribution is 5.84. The number of hydrogen-bond acceptors (Lipinski definition) is 3. The maximum absolute atomic E-state index is 11.9. The predicted octanol–water partition coefficient (Wildman–Crippen LogP) is 2.25. The van der Waals surface area contributed by atoms with Crippen LogP contribution in [-0.2, 0) is 16.0 Å². The summed E-state index contributed by atoms with van der Waals surface area (Å²) in [5, 5.41) is 12.1. The van der Waals surface area contributed by atoms with Crippen molar-refractivity contribution in [2.24, 2.45) is 0 Å². The van der Waals surface area contributed by atoms with E-state index in [1.165, 1.54) is 7.11 Å². The SMILES string of the molecule is COC(C)(C)C(=O)NC(C)CCc1ccc(O)cc1. The van der Waals surface area contributed by atoms with E-state index in [9.17, 15) is 9.90 Å². The topological polar surface area (TPSA) is 58.6 Å². The summed E-state index contributed by atoms with van der Waals surface area (Å²) in [6, 6.07) is 7.21. The zero-order chi connectivity index (χ0) is 14.5. The molecule has 1 rings (SSSR count). The molecule has 0 fully saturated rings. The van der Waals surface area contributed by atoms with Gasteiger partial charge in [-0.1, -0.05) is 12.1 Å². The van der Waals surface area contributed by atoms with Crippen molar-refractivity contribution < 1.29 is 14.6 Å². The summed E-state index contributed by atoms with van der Waals surface area (Å²) in [6.07, 6.45) is 1.70. The van der Waals surface area contributed by atoms with E-state index in [2.05, 4.69) is 5.32 Å². The minimum absolute atomic E-state index is 0.0794. The molecule has 0 saturated heterocycles. The second kappa shape index (κ2) is 6.57. The standard InChI is InChI=1S/C15H23NO3/c1-11(16-14(18)15(2,3)19-4)5-6-12-7-9-13(17)10-8-12/h7-11,17H,5-6H2,1-4H3,(H,16,18). The zero-order valence-corrected chi connectivity index (χ0v) is 12.1. The predicted molar refractivity (Wildman–Crippen MR) is 75.1 cm³/mol. The number of ether oxygens (including phenoxy) is 1. The highest BCUT2D eigenvalue weighted by atomic mass is 16.5. The third-order valence-corrected chi connectivity index (χ3v) is 3.24. The van der Waals surface area contributed by atoms with E-state index in [-0.39, 0.29) is 17.7 Å². The first kappa shape index (κ1) is 15.5. The molecule has 1 atom stereocenters. The van der Waals surface area contributed by atoms with Crippen LogP contribution in [0.3, 0.4) is 0 Å². The molecule has 2 N–H and O–H groups in total. The van der Waals surface area contributed by atoms with Crippen molar-refractivity contribution in [2.45, 2.75) is 45.3 Å². The molecule has 0 heterocycles. The van der Waals surface area contributed by atoms with Crippen LogP contribution in [0.1, 0.15) is 32.8 Å². The van der Waals surface area contributed by atoms with Crippen molar-refractivity contribution in [2.75, 3.05) is 7.11 Å².